The number of aromatic nitrogens is 3. The van der Waals surface area contributed by atoms with Gasteiger partial charge in [-0.15, -0.1) is 0 Å². The Morgan fingerprint density at radius 3 is 2.42 bits per heavy atom. The highest BCUT2D eigenvalue weighted by molar-refractivity contribution is 7.08. The van der Waals surface area contributed by atoms with Crippen LogP contribution in [0.1, 0.15) is 20.8 Å². The van der Waals surface area contributed by atoms with Gasteiger partial charge in [0.25, 0.3) is 11.8 Å². The summed E-state index contributed by atoms with van der Waals surface area (Å²) in [6.07, 6.45) is 1.69. The van der Waals surface area contributed by atoms with Gasteiger partial charge in [0.05, 0.1) is 11.3 Å². The molecule has 0 aliphatic carbocycles. The molecule has 0 atom stereocenters. The molecule has 4 rings (SSSR count). The molecule has 132 valence electrons. The van der Waals surface area contributed by atoms with Crippen LogP contribution in [0.25, 0.3) is 11.4 Å². The number of nitrogens with zero attached hydrogens (tertiary/aromatic N) is 4. The van der Waals surface area contributed by atoms with Gasteiger partial charge in [-0.05, 0) is 29.6 Å². The summed E-state index contributed by atoms with van der Waals surface area (Å²) in [5.74, 6) is -0.0837. The second-order valence-electron chi connectivity index (χ2n) is 5.98. The molecule has 7 nitrogen and oxygen atoms in total. The van der Waals surface area contributed by atoms with E-state index < -0.39 is 0 Å². The molecule has 3 aromatic rings. The second kappa shape index (κ2) is 7.09. The summed E-state index contributed by atoms with van der Waals surface area (Å²) in [5.41, 5.74) is 2.50. The van der Waals surface area contributed by atoms with Crippen molar-refractivity contribution in [1.82, 2.24) is 25.0 Å². The number of amides is 2. The number of hydrogen-bond acceptors (Lipinski definition) is 5. The molecule has 1 fully saturated rings. The number of carbonyl (C=O) groups is 2. The third-order valence-electron chi connectivity index (χ3n) is 4.36. The maximum absolute atomic E-state index is 12.7. The van der Waals surface area contributed by atoms with Crippen molar-refractivity contribution in [2.75, 3.05) is 26.2 Å². The Bertz CT molecular complexity index is 899. The van der Waals surface area contributed by atoms with Gasteiger partial charge in [-0.2, -0.15) is 16.4 Å². The number of H-pyrrole nitrogens is 1. The van der Waals surface area contributed by atoms with Crippen molar-refractivity contribution in [2.24, 2.45) is 0 Å². The summed E-state index contributed by atoms with van der Waals surface area (Å²) in [4.78, 5) is 32.8. The summed E-state index contributed by atoms with van der Waals surface area (Å²) in [5, 5.41) is 10.7. The zero-order chi connectivity index (χ0) is 17.9. The van der Waals surface area contributed by atoms with E-state index >= 15 is 0 Å². The molecule has 2 amide bonds. The van der Waals surface area contributed by atoms with Crippen molar-refractivity contribution in [3.05, 3.63) is 58.5 Å². The van der Waals surface area contributed by atoms with E-state index in [1.807, 2.05) is 35.0 Å². The van der Waals surface area contributed by atoms with Crippen LogP contribution >= 0.6 is 11.3 Å². The molecule has 3 aromatic heterocycles. The Morgan fingerprint density at radius 2 is 1.77 bits per heavy atom. The fraction of sp³-hybridized carbons (Fsp3) is 0.222. The molecule has 0 aromatic carbocycles. The monoisotopic (exact) mass is 367 g/mol. The molecule has 0 spiro atoms. The molecule has 1 saturated heterocycles. The molecule has 1 aliphatic heterocycles. The average Bonchev–Trinajstić information content (AvgIpc) is 3.40. The van der Waals surface area contributed by atoms with Crippen LogP contribution in [0.4, 0.5) is 0 Å². The number of aromatic amines is 1. The quantitative estimate of drug-likeness (QED) is 0.769. The third-order valence-corrected chi connectivity index (χ3v) is 5.04. The van der Waals surface area contributed by atoms with E-state index in [0.717, 1.165) is 0 Å². The number of piperazine rings is 1. The van der Waals surface area contributed by atoms with Crippen molar-refractivity contribution in [2.45, 2.75) is 0 Å². The Balaban J connectivity index is 1.40. The molecule has 0 unspecified atom stereocenters. The van der Waals surface area contributed by atoms with E-state index in [1.54, 1.807) is 22.1 Å². The highest BCUT2D eigenvalue weighted by Gasteiger charge is 2.26. The van der Waals surface area contributed by atoms with Gasteiger partial charge in [-0.3, -0.25) is 19.7 Å². The topological polar surface area (TPSA) is 82.2 Å². The van der Waals surface area contributed by atoms with Crippen LogP contribution in [0.2, 0.25) is 0 Å². The molecular weight excluding hydrogens is 350 g/mol. The first-order chi connectivity index (χ1) is 12.7. The van der Waals surface area contributed by atoms with E-state index in [0.29, 0.717) is 48.8 Å². The smallest absolute Gasteiger partial charge is 0.272 e. The fourth-order valence-corrected chi connectivity index (χ4v) is 3.56. The second-order valence-corrected chi connectivity index (χ2v) is 6.76. The Kier molecular flexibility index (Phi) is 4.49. The Hall–Kier alpha value is -3.00. The molecule has 0 saturated carbocycles. The minimum Gasteiger partial charge on any atom is -0.335 e. The Morgan fingerprint density at radius 1 is 1.00 bits per heavy atom. The summed E-state index contributed by atoms with van der Waals surface area (Å²) >= 11 is 1.51. The Labute approximate surface area is 154 Å². The standard InChI is InChI=1S/C18H17N5O2S/c24-17(13-4-10-26-12-13)22-6-8-23(9-7-22)18(25)16-11-15(20-21-16)14-3-1-2-5-19-14/h1-5,10-12H,6-9H2,(H,20,21). The lowest BCUT2D eigenvalue weighted by Crippen LogP contribution is -2.50. The van der Waals surface area contributed by atoms with E-state index in [1.165, 1.54) is 11.3 Å². The zero-order valence-electron chi connectivity index (χ0n) is 14.0. The predicted molar refractivity (Wildman–Crippen MR) is 97.9 cm³/mol. The molecular formula is C18H17N5O2S. The maximum Gasteiger partial charge on any atom is 0.272 e. The van der Waals surface area contributed by atoms with E-state index in [-0.39, 0.29) is 11.8 Å². The first kappa shape index (κ1) is 16.5. The van der Waals surface area contributed by atoms with E-state index in [9.17, 15) is 9.59 Å². The molecule has 1 aliphatic rings. The number of pyridine rings is 1. The van der Waals surface area contributed by atoms with Crippen LogP contribution in [-0.2, 0) is 0 Å². The maximum atomic E-state index is 12.7. The number of carbonyl (C=O) groups excluding carboxylic acids is 2. The van der Waals surface area contributed by atoms with Crippen molar-refractivity contribution < 1.29 is 9.59 Å². The number of nitrogens with one attached hydrogen (secondary N) is 1. The van der Waals surface area contributed by atoms with Crippen molar-refractivity contribution in [1.29, 1.82) is 0 Å². The number of thiophene rings is 1. The summed E-state index contributed by atoms with van der Waals surface area (Å²) in [6, 6.07) is 9.10. The van der Waals surface area contributed by atoms with Crippen LogP contribution in [0, 0.1) is 0 Å². The van der Waals surface area contributed by atoms with Crippen molar-refractivity contribution >= 4 is 23.2 Å². The van der Waals surface area contributed by atoms with Gasteiger partial charge in [0.2, 0.25) is 0 Å². The molecule has 4 heterocycles. The van der Waals surface area contributed by atoms with E-state index in [4.69, 9.17) is 0 Å². The average molecular weight is 367 g/mol. The molecule has 0 radical (unpaired) electrons. The third kappa shape index (κ3) is 3.23. The van der Waals surface area contributed by atoms with Gasteiger partial charge in [-0.25, -0.2) is 0 Å². The summed E-state index contributed by atoms with van der Waals surface area (Å²) < 4.78 is 0. The first-order valence-electron chi connectivity index (χ1n) is 8.30. The molecule has 8 heteroatoms. The lowest BCUT2D eigenvalue weighted by molar-refractivity contribution is 0.0532. The van der Waals surface area contributed by atoms with Crippen molar-refractivity contribution in [3.63, 3.8) is 0 Å². The van der Waals surface area contributed by atoms with Crippen LogP contribution < -0.4 is 0 Å². The number of rotatable bonds is 3. The lowest BCUT2D eigenvalue weighted by atomic mass is 10.2. The highest BCUT2D eigenvalue weighted by Crippen LogP contribution is 2.17. The van der Waals surface area contributed by atoms with Crippen molar-refractivity contribution in [3.8, 4) is 11.4 Å². The van der Waals surface area contributed by atoms with Gasteiger partial charge in [0.1, 0.15) is 11.4 Å². The lowest BCUT2D eigenvalue weighted by Gasteiger charge is -2.34. The summed E-state index contributed by atoms with van der Waals surface area (Å²) in [6.45, 7) is 2.07. The fourth-order valence-electron chi connectivity index (χ4n) is 2.93. The predicted octanol–water partition coefficient (Wildman–Crippen LogP) is 2.13. The van der Waals surface area contributed by atoms with Crippen LogP contribution in [0.5, 0.6) is 0 Å². The summed E-state index contributed by atoms with van der Waals surface area (Å²) in [7, 11) is 0. The largest absolute Gasteiger partial charge is 0.335 e. The van der Waals surface area contributed by atoms with Gasteiger partial charge in [-0.1, -0.05) is 6.07 Å². The normalized spacial score (nSPS) is 14.5. The zero-order valence-corrected chi connectivity index (χ0v) is 14.8. The SMILES string of the molecule is O=C(c1ccsc1)N1CCN(C(=O)c2cc(-c3ccccn3)n[nH]2)CC1. The highest BCUT2D eigenvalue weighted by atomic mass is 32.1. The molecule has 0 bridgehead atoms. The van der Waals surface area contributed by atoms with Crippen LogP contribution in [0.15, 0.2) is 47.3 Å². The van der Waals surface area contributed by atoms with Gasteiger partial charge in [0.15, 0.2) is 0 Å². The van der Waals surface area contributed by atoms with Gasteiger partial charge >= 0.3 is 0 Å². The van der Waals surface area contributed by atoms with Gasteiger partial charge < -0.3 is 9.80 Å². The van der Waals surface area contributed by atoms with Crippen LogP contribution in [-0.4, -0.2) is 63.0 Å². The molecule has 1 N–H and O–H groups in total. The van der Waals surface area contributed by atoms with E-state index in [2.05, 4.69) is 15.2 Å². The minimum absolute atomic E-state index is 0.0253. The van der Waals surface area contributed by atoms with Gasteiger partial charge in [0, 0.05) is 37.8 Å². The number of hydrogen-bond donors (Lipinski definition) is 1. The minimum atomic E-state index is -0.109. The first-order valence-corrected chi connectivity index (χ1v) is 9.24. The molecule has 26 heavy (non-hydrogen) atoms. The van der Waals surface area contributed by atoms with Crippen LogP contribution in [0.3, 0.4) is 0 Å².